The molecule has 64 valence electrons. The molecular weight excluding hydrogens is 162 g/mol. The standard InChI is InChI=1S/C10H9N3/c11-6-3-4-9-8-12-10-5-1-2-7-13(9)10/h1-2,5,7-8H,3-4H2. The SMILES string of the molecule is N#CCCc1cnc2ccccn12. The molecule has 0 aromatic carbocycles. The molecule has 2 aromatic rings. The predicted octanol–water partition coefficient (Wildman–Crippen LogP) is 1.79. The highest BCUT2D eigenvalue weighted by Crippen LogP contribution is 2.07. The fraction of sp³-hybridized carbons (Fsp3) is 0.200. The van der Waals surface area contributed by atoms with E-state index in [1.54, 1.807) is 0 Å². The fourth-order valence-corrected chi connectivity index (χ4v) is 1.35. The number of nitrogens with zero attached hydrogens (tertiary/aromatic N) is 3. The molecule has 2 rings (SSSR count). The molecule has 3 nitrogen and oxygen atoms in total. The Kier molecular flexibility index (Phi) is 1.97. The van der Waals surface area contributed by atoms with Gasteiger partial charge in [-0.15, -0.1) is 0 Å². The van der Waals surface area contributed by atoms with Crippen molar-refractivity contribution >= 4 is 5.65 Å². The number of imidazole rings is 1. The molecule has 0 aliphatic rings. The largest absolute Gasteiger partial charge is 0.304 e. The Morgan fingerprint density at radius 3 is 3.23 bits per heavy atom. The maximum absolute atomic E-state index is 8.46. The number of aryl methyl sites for hydroxylation is 1. The first-order valence-electron chi connectivity index (χ1n) is 4.20. The van der Waals surface area contributed by atoms with Crippen LogP contribution in [0.3, 0.4) is 0 Å². The maximum atomic E-state index is 8.46. The number of hydrogen-bond acceptors (Lipinski definition) is 2. The minimum atomic E-state index is 0.544. The van der Waals surface area contributed by atoms with Crippen LogP contribution in [0.25, 0.3) is 5.65 Å². The summed E-state index contributed by atoms with van der Waals surface area (Å²) in [5, 5.41) is 8.46. The van der Waals surface area contributed by atoms with Crippen LogP contribution >= 0.6 is 0 Å². The Bertz CT molecular complexity index is 450. The monoisotopic (exact) mass is 171 g/mol. The predicted molar refractivity (Wildman–Crippen MR) is 49.1 cm³/mol. The van der Waals surface area contributed by atoms with Crippen LogP contribution < -0.4 is 0 Å². The number of fused-ring (bicyclic) bond motifs is 1. The van der Waals surface area contributed by atoms with Gasteiger partial charge in [0.1, 0.15) is 5.65 Å². The molecule has 0 atom stereocenters. The van der Waals surface area contributed by atoms with Crippen LogP contribution in [-0.4, -0.2) is 9.38 Å². The molecule has 2 aromatic heterocycles. The molecule has 3 heteroatoms. The van der Waals surface area contributed by atoms with E-state index < -0.39 is 0 Å². The smallest absolute Gasteiger partial charge is 0.136 e. The Balaban J connectivity index is 2.41. The third-order valence-corrected chi connectivity index (χ3v) is 1.99. The lowest BCUT2D eigenvalue weighted by atomic mass is 10.3. The van der Waals surface area contributed by atoms with Crippen LogP contribution in [0.5, 0.6) is 0 Å². The third-order valence-electron chi connectivity index (χ3n) is 1.99. The molecule has 0 saturated heterocycles. The number of aromatic nitrogens is 2. The summed E-state index contributed by atoms with van der Waals surface area (Å²) >= 11 is 0. The fourth-order valence-electron chi connectivity index (χ4n) is 1.35. The van der Waals surface area contributed by atoms with Crippen molar-refractivity contribution in [3.63, 3.8) is 0 Å². The number of rotatable bonds is 2. The molecule has 13 heavy (non-hydrogen) atoms. The van der Waals surface area contributed by atoms with Crippen molar-refractivity contribution in [3.8, 4) is 6.07 Å². The highest BCUT2D eigenvalue weighted by Gasteiger charge is 2.00. The highest BCUT2D eigenvalue weighted by atomic mass is 15.0. The Hall–Kier alpha value is -1.82. The van der Waals surface area contributed by atoms with Gasteiger partial charge in [-0.25, -0.2) is 4.98 Å². The van der Waals surface area contributed by atoms with E-state index in [1.807, 2.05) is 35.0 Å². The summed E-state index contributed by atoms with van der Waals surface area (Å²) in [4.78, 5) is 4.23. The number of hydrogen-bond donors (Lipinski definition) is 0. The van der Waals surface area contributed by atoms with Crippen molar-refractivity contribution in [3.05, 3.63) is 36.3 Å². The topological polar surface area (TPSA) is 41.1 Å². The molecule has 0 spiro atoms. The Morgan fingerprint density at radius 1 is 1.46 bits per heavy atom. The van der Waals surface area contributed by atoms with Gasteiger partial charge in [0.2, 0.25) is 0 Å². The third kappa shape index (κ3) is 1.38. The minimum Gasteiger partial charge on any atom is -0.304 e. The molecule has 0 amide bonds. The van der Waals surface area contributed by atoms with Crippen molar-refractivity contribution < 1.29 is 0 Å². The molecule has 0 fully saturated rings. The quantitative estimate of drug-likeness (QED) is 0.691. The maximum Gasteiger partial charge on any atom is 0.136 e. The van der Waals surface area contributed by atoms with Gasteiger partial charge in [0.15, 0.2) is 0 Å². The summed E-state index contributed by atoms with van der Waals surface area (Å²) in [6, 6.07) is 8.00. The second-order valence-electron chi connectivity index (χ2n) is 2.84. The van der Waals surface area contributed by atoms with Gasteiger partial charge in [0.05, 0.1) is 6.07 Å². The van der Waals surface area contributed by atoms with E-state index in [2.05, 4.69) is 11.1 Å². The van der Waals surface area contributed by atoms with Gasteiger partial charge in [-0.1, -0.05) is 6.07 Å². The first-order valence-corrected chi connectivity index (χ1v) is 4.20. The first kappa shape index (κ1) is 7.81. The van der Waals surface area contributed by atoms with Gasteiger partial charge >= 0.3 is 0 Å². The lowest BCUT2D eigenvalue weighted by Crippen LogP contribution is -1.90. The van der Waals surface area contributed by atoms with Gasteiger partial charge < -0.3 is 4.40 Å². The Morgan fingerprint density at radius 2 is 2.38 bits per heavy atom. The van der Waals surface area contributed by atoms with Crippen LogP contribution in [0.1, 0.15) is 12.1 Å². The molecule has 0 radical (unpaired) electrons. The van der Waals surface area contributed by atoms with E-state index in [1.165, 1.54) is 0 Å². The summed E-state index contributed by atoms with van der Waals surface area (Å²) in [5.41, 5.74) is 2.03. The summed E-state index contributed by atoms with van der Waals surface area (Å²) in [6.07, 6.45) is 5.10. The van der Waals surface area contributed by atoms with E-state index in [0.29, 0.717) is 6.42 Å². The summed E-state index contributed by atoms with van der Waals surface area (Å²) in [7, 11) is 0. The van der Waals surface area contributed by atoms with Crippen LogP contribution in [0.2, 0.25) is 0 Å². The molecule has 0 aliphatic carbocycles. The van der Waals surface area contributed by atoms with Crippen LogP contribution in [0.15, 0.2) is 30.6 Å². The zero-order valence-electron chi connectivity index (χ0n) is 7.14. The minimum absolute atomic E-state index is 0.544. The second-order valence-corrected chi connectivity index (χ2v) is 2.84. The van der Waals surface area contributed by atoms with Crippen molar-refractivity contribution in [1.82, 2.24) is 9.38 Å². The summed E-state index contributed by atoms with van der Waals surface area (Å²) < 4.78 is 2.01. The molecule has 0 N–H and O–H groups in total. The van der Waals surface area contributed by atoms with Gasteiger partial charge in [0.25, 0.3) is 0 Å². The number of nitriles is 1. The zero-order chi connectivity index (χ0) is 9.10. The zero-order valence-corrected chi connectivity index (χ0v) is 7.14. The van der Waals surface area contributed by atoms with E-state index in [9.17, 15) is 0 Å². The number of pyridine rings is 1. The van der Waals surface area contributed by atoms with Crippen LogP contribution in [-0.2, 0) is 6.42 Å². The van der Waals surface area contributed by atoms with Crippen LogP contribution in [0, 0.1) is 11.3 Å². The first-order chi connectivity index (χ1) is 6.42. The van der Waals surface area contributed by atoms with E-state index in [-0.39, 0.29) is 0 Å². The van der Waals surface area contributed by atoms with E-state index >= 15 is 0 Å². The Labute approximate surface area is 76.3 Å². The summed E-state index contributed by atoms with van der Waals surface area (Å²) in [5.74, 6) is 0. The van der Waals surface area contributed by atoms with Gasteiger partial charge in [-0.3, -0.25) is 0 Å². The second kappa shape index (κ2) is 3.28. The average molecular weight is 171 g/mol. The molecule has 0 unspecified atom stereocenters. The van der Waals surface area contributed by atoms with E-state index in [0.717, 1.165) is 17.8 Å². The lowest BCUT2D eigenvalue weighted by molar-refractivity contribution is 0.928. The highest BCUT2D eigenvalue weighted by molar-refractivity contribution is 5.39. The van der Waals surface area contributed by atoms with Crippen LogP contribution in [0.4, 0.5) is 0 Å². The molecule has 0 bridgehead atoms. The van der Waals surface area contributed by atoms with Gasteiger partial charge in [0, 0.05) is 30.9 Å². The average Bonchev–Trinajstić information content (AvgIpc) is 2.58. The molecule has 0 aliphatic heterocycles. The van der Waals surface area contributed by atoms with Crippen molar-refractivity contribution in [2.24, 2.45) is 0 Å². The van der Waals surface area contributed by atoms with Gasteiger partial charge in [-0.05, 0) is 12.1 Å². The molecular formula is C10H9N3. The van der Waals surface area contributed by atoms with Crippen molar-refractivity contribution in [2.45, 2.75) is 12.8 Å². The molecule has 2 heterocycles. The van der Waals surface area contributed by atoms with E-state index in [4.69, 9.17) is 5.26 Å². The van der Waals surface area contributed by atoms with Gasteiger partial charge in [-0.2, -0.15) is 5.26 Å². The lowest BCUT2D eigenvalue weighted by Gasteiger charge is -1.96. The summed E-state index contributed by atoms with van der Waals surface area (Å²) in [6.45, 7) is 0. The van der Waals surface area contributed by atoms with Crippen molar-refractivity contribution in [2.75, 3.05) is 0 Å². The normalized spacial score (nSPS) is 10.1. The molecule has 0 saturated carbocycles. The van der Waals surface area contributed by atoms with Crippen molar-refractivity contribution in [1.29, 1.82) is 5.26 Å².